The zero-order chi connectivity index (χ0) is 9.26. The minimum Gasteiger partial charge on any atom is -0.355 e. The number of rotatable bonds is 1. The molecule has 2 heterocycles. The Morgan fingerprint density at radius 3 is 3.08 bits per heavy atom. The van der Waals surface area contributed by atoms with E-state index in [9.17, 15) is 0 Å². The number of aromatic nitrogens is 2. The van der Waals surface area contributed by atoms with Gasteiger partial charge >= 0.3 is 0 Å². The molecule has 0 aromatic carbocycles. The number of hydrogen-bond acceptors (Lipinski definition) is 3. The summed E-state index contributed by atoms with van der Waals surface area (Å²) in [5, 5.41) is 0. The van der Waals surface area contributed by atoms with E-state index in [0.717, 1.165) is 24.7 Å². The van der Waals surface area contributed by atoms with Crippen LogP contribution in [-0.4, -0.2) is 27.9 Å². The van der Waals surface area contributed by atoms with Gasteiger partial charge in [0.05, 0.1) is 0 Å². The first-order valence-corrected chi connectivity index (χ1v) is 5.36. The normalized spacial score (nSPS) is 22.3. The van der Waals surface area contributed by atoms with Crippen molar-refractivity contribution in [2.24, 2.45) is 0 Å². The zero-order valence-corrected chi connectivity index (χ0v) is 9.16. The maximum atomic E-state index is 4.38. The van der Waals surface area contributed by atoms with E-state index in [4.69, 9.17) is 0 Å². The first-order valence-electron chi connectivity index (χ1n) is 4.44. The lowest BCUT2D eigenvalue weighted by Gasteiger charge is -2.16. The second-order valence-electron chi connectivity index (χ2n) is 3.29. The number of nitrogens with zero attached hydrogens (tertiary/aromatic N) is 3. The standard InChI is InChI=1S/C9H12BrN3/c1-7-11-4-2-9(12-7)13-5-3-8(10)6-13/h2,4,8H,3,5-6H2,1H3. The van der Waals surface area contributed by atoms with Crippen LogP contribution in [0.15, 0.2) is 12.3 Å². The van der Waals surface area contributed by atoms with Crippen molar-refractivity contribution in [1.82, 2.24) is 9.97 Å². The van der Waals surface area contributed by atoms with Crippen molar-refractivity contribution in [3.05, 3.63) is 18.1 Å². The molecule has 0 amide bonds. The Labute approximate surface area is 86.3 Å². The van der Waals surface area contributed by atoms with Crippen molar-refractivity contribution < 1.29 is 0 Å². The predicted octanol–water partition coefficient (Wildman–Crippen LogP) is 1.76. The lowest BCUT2D eigenvalue weighted by Crippen LogP contribution is -2.21. The molecule has 0 N–H and O–H groups in total. The monoisotopic (exact) mass is 241 g/mol. The fraction of sp³-hybridized carbons (Fsp3) is 0.556. The molecule has 1 aromatic heterocycles. The Morgan fingerprint density at radius 2 is 2.46 bits per heavy atom. The van der Waals surface area contributed by atoms with Crippen LogP contribution in [0.5, 0.6) is 0 Å². The highest BCUT2D eigenvalue weighted by Gasteiger charge is 2.20. The Bertz CT molecular complexity index is 303. The molecule has 70 valence electrons. The van der Waals surface area contributed by atoms with Crippen molar-refractivity contribution in [2.45, 2.75) is 18.2 Å². The third-order valence-corrected chi connectivity index (χ3v) is 2.96. The topological polar surface area (TPSA) is 29.0 Å². The van der Waals surface area contributed by atoms with Crippen molar-refractivity contribution in [2.75, 3.05) is 18.0 Å². The van der Waals surface area contributed by atoms with Crippen LogP contribution in [0, 0.1) is 6.92 Å². The van der Waals surface area contributed by atoms with Gasteiger partial charge in [-0.1, -0.05) is 15.9 Å². The van der Waals surface area contributed by atoms with Crippen LogP contribution in [0.25, 0.3) is 0 Å². The molecule has 1 aliphatic heterocycles. The fourth-order valence-electron chi connectivity index (χ4n) is 1.55. The van der Waals surface area contributed by atoms with Gasteiger partial charge in [-0.2, -0.15) is 0 Å². The largest absolute Gasteiger partial charge is 0.355 e. The van der Waals surface area contributed by atoms with Crippen LogP contribution in [0.2, 0.25) is 0 Å². The quantitative estimate of drug-likeness (QED) is 0.702. The zero-order valence-electron chi connectivity index (χ0n) is 7.57. The van der Waals surface area contributed by atoms with Gasteiger partial charge in [0.1, 0.15) is 11.6 Å². The van der Waals surface area contributed by atoms with E-state index in [1.807, 2.05) is 19.2 Å². The van der Waals surface area contributed by atoms with E-state index >= 15 is 0 Å². The maximum absolute atomic E-state index is 4.38. The summed E-state index contributed by atoms with van der Waals surface area (Å²) in [7, 11) is 0. The van der Waals surface area contributed by atoms with Crippen molar-refractivity contribution in [3.8, 4) is 0 Å². The molecule has 0 aliphatic carbocycles. The van der Waals surface area contributed by atoms with Crippen LogP contribution in [0.1, 0.15) is 12.2 Å². The molecule has 1 aliphatic rings. The van der Waals surface area contributed by atoms with Gasteiger partial charge in [-0.25, -0.2) is 9.97 Å². The highest BCUT2D eigenvalue weighted by molar-refractivity contribution is 9.09. The van der Waals surface area contributed by atoms with Gasteiger partial charge in [0, 0.05) is 24.1 Å². The molecule has 4 heteroatoms. The van der Waals surface area contributed by atoms with Gasteiger partial charge in [0.15, 0.2) is 0 Å². The summed E-state index contributed by atoms with van der Waals surface area (Å²) in [6.45, 7) is 4.06. The maximum Gasteiger partial charge on any atom is 0.132 e. The van der Waals surface area contributed by atoms with Crippen LogP contribution in [0.4, 0.5) is 5.82 Å². The molecule has 1 unspecified atom stereocenters. The molecular formula is C9H12BrN3. The molecule has 0 radical (unpaired) electrons. The molecule has 1 saturated heterocycles. The third kappa shape index (κ3) is 1.99. The van der Waals surface area contributed by atoms with Crippen LogP contribution < -0.4 is 4.90 Å². The summed E-state index contributed by atoms with van der Waals surface area (Å²) in [6.07, 6.45) is 3.02. The highest BCUT2D eigenvalue weighted by atomic mass is 79.9. The molecule has 3 nitrogen and oxygen atoms in total. The minimum absolute atomic E-state index is 0.614. The smallest absolute Gasteiger partial charge is 0.132 e. The van der Waals surface area contributed by atoms with Gasteiger partial charge in [-0.15, -0.1) is 0 Å². The van der Waals surface area contributed by atoms with E-state index in [-0.39, 0.29) is 0 Å². The van der Waals surface area contributed by atoms with Crippen molar-refractivity contribution in [3.63, 3.8) is 0 Å². The lowest BCUT2D eigenvalue weighted by molar-refractivity contribution is 0.911. The van der Waals surface area contributed by atoms with E-state index in [1.54, 1.807) is 0 Å². The van der Waals surface area contributed by atoms with Crippen LogP contribution in [-0.2, 0) is 0 Å². The number of hydrogen-bond donors (Lipinski definition) is 0. The number of anilines is 1. The van der Waals surface area contributed by atoms with E-state index < -0.39 is 0 Å². The van der Waals surface area contributed by atoms with Gasteiger partial charge in [-0.05, 0) is 19.4 Å². The summed E-state index contributed by atoms with van der Waals surface area (Å²) < 4.78 is 0. The highest BCUT2D eigenvalue weighted by Crippen LogP contribution is 2.21. The molecule has 13 heavy (non-hydrogen) atoms. The minimum atomic E-state index is 0.614. The lowest BCUT2D eigenvalue weighted by atomic mass is 10.4. The van der Waals surface area contributed by atoms with E-state index in [1.165, 1.54) is 6.42 Å². The van der Waals surface area contributed by atoms with E-state index in [2.05, 4.69) is 30.8 Å². The summed E-state index contributed by atoms with van der Waals surface area (Å²) in [5.41, 5.74) is 0. The van der Waals surface area contributed by atoms with Gasteiger partial charge in [0.2, 0.25) is 0 Å². The first kappa shape index (κ1) is 8.94. The molecule has 0 bridgehead atoms. The van der Waals surface area contributed by atoms with Crippen molar-refractivity contribution in [1.29, 1.82) is 0 Å². The van der Waals surface area contributed by atoms with Crippen molar-refractivity contribution >= 4 is 21.7 Å². The summed E-state index contributed by atoms with van der Waals surface area (Å²) in [5.74, 6) is 1.89. The van der Waals surface area contributed by atoms with Crippen LogP contribution in [0.3, 0.4) is 0 Å². The summed E-state index contributed by atoms with van der Waals surface area (Å²) in [4.78, 5) is 11.4. The summed E-state index contributed by atoms with van der Waals surface area (Å²) >= 11 is 3.61. The number of halogens is 1. The number of aryl methyl sites for hydroxylation is 1. The second-order valence-corrected chi connectivity index (χ2v) is 4.59. The van der Waals surface area contributed by atoms with Crippen LogP contribution >= 0.6 is 15.9 Å². The fourth-order valence-corrected chi connectivity index (χ4v) is 2.10. The molecular weight excluding hydrogens is 230 g/mol. The average molecular weight is 242 g/mol. The Kier molecular flexibility index (Phi) is 2.49. The molecule has 2 rings (SSSR count). The SMILES string of the molecule is Cc1nccc(N2CCC(Br)C2)n1. The molecule has 1 atom stereocenters. The Balaban J connectivity index is 2.16. The van der Waals surface area contributed by atoms with E-state index in [0.29, 0.717) is 4.83 Å². The summed E-state index contributed by atoms with van der Waals surface area (Å²) in [6, 6.07) is 1.97. The van der Waals surface area contributed by atoms with Gasteiger partial charge in [-0.3, -0.25) is 0 Å². The Morgan fingerprint density at radius 1 is 1.62 bits per heavy atom. The first-order chi connectivity index (χ1) is 6.25. The average Bonchev–Trinajstić information content (AvgIpc) is 2.52. The predicted molar refractivity (Wildman–Crippen MR) is 56.3 cm³/mol. The molecule has 0 spiro atoms. The number of alkyl halides is 1. The van der Waals surface area contributed by atoms with Gasteiger partial charge < -0.3 is 4.90 Å². The third-order valence-electron chi connectivity index (χ3n) is 2.22. The molecule has 1 aromatic rings. The molecule has 0 saturated carbocycles. The van der Waals surface area contributed by atoms with Gasteiger partial charge in [0.25, 0.3) is 0 Å². The second kappa shape index (κ2) is 3.62. The molecule has 1 fully saturated rings. The Hall–Kier alpha value is -0.640.